The van der Waals surface area contributed by atoms with Gasteiger partial charge in [0.2, 0.25) is 5.91 Å². The fraction of sp³-hybridized carbons (Fsp3) is 0.429. The van der Waals surface area contributed by atoms with E-state index in [9.17, 15) is 9.59 Å². The van der Waals surface area contributed by atoms with Gasteiger partial charge in [0.15, 0.2) is 0 Å². The topological polar surface area (TPSA) is 77.2 Å². The summed E-state index contributed by atoms with van der Waals surface area (Å²) in [7, 11) is 0. The molecule has 1 fully saturated rings. The van der Waals surface area contributed by atoms with Crippen molar-refractivity contribution in [3.63, 3.8) is 0 Å². The van der Waals surface area contributed by atoms with Crippen LogP contribution in [0.1, 0.15) is 37.6 Å². The van der Waals surface area contributed by atoms with Crippen LogP contribution in [-0.2, 0) is 4.79 Å². The molecule has 2 heterocycles. The molecule has 0 spiro atoms. The molecule has 2 aromatic rings. The zero-order valence-electron chi connectivity index (χ0n) is 16.2. The lowest BCUT2D eigenvalue weighted by atomic mass is 10.1. The highest BCUT2D eigenvalue weighted by molar-refractivity contribution is 5.98. The molecule has 6 heteroatoms. The molecule has 3 rings (SSSR count). The number of amides is 2. The number of hydrogen-bond donors (Lipinski definition) is 3. The van der Waals surface area contributed by atoms with Crippen molar-refractivity contribution in [3.8, 4) is 0 Å². The minimum absolute atomic E-state index is 0.0333. The monoisotopic (exact) mass is 368 g/mol. The number of likely N-dealkylation sites (N-methyl/N-ethyl adjacent to an activating group) is 1. The Labute approximate surface area is 160 Å². The molecular weight excluding hydrogens is 340 g/mol. The van der Waals surface area contributed by atoms with Gasteiger partial charge < -0.3 is 15.6 Å². The summed E-state index contributed by atoms with van der Waals surface area (Å²) < 4.78 is 0. The molecule has 2 unspecified atom stereocenters. The number of allylic oxidation sites excluding steroid dienone is 1. The standard InChI is InChI=1S/C21H28N4O2/c1-4-14(3)12-25-13-17(11-19(25)21(27)22-5-2)24-20(26)16-7-6-15-8-9-23-18(15)10-16/h4,6-10,17,19,23H,5,11-13H2,1-3H3,(H,22,27)(H,24,26). The van der Waals surface area contributed by atoms with Crippen LogP contribution in [-0.4, -0.2) is 53.4 Å². The maximum atomic E-state index is 12.7. The van der Waals surface area contributed by atoms with Crippen LogP contribution in [0.5, 0.6) is 0 Å². The highest BCUT2D eigenvalue weighted by atomic mass is 16.2. The third-order valence-electron chi connectivity index (χ3n) is 5.15. The number of aromatic amines is 1. The second kappa shape index (κ2) is 8.39. The Balaban J connectivity index is 1.70. The van der Waals surface area contributed by atoms with E-state index in [0.29, 0.717) is 25.1 Å². The molecule has 1 aromatic heterocycles. The van der Waals surface area contributed by atoms with Gasteiger partial charge in [-0.15, -0.1) is 0 Å². The highest BCUT2D eigenvalue weighted by Gasteiger charge is 2.37. The number of benzene rings is 1. The van der Waals surface area contributed by atoms with Crippen molar-refractivity contribution in [2.45, 2.75) is 39.3 Å². The number of nitrogens with one attached hydrogen (secondary N) is 3. The van der Waals surface area contributed by atoms with Gasteiger partial charge in [0.25, 0.3) is 5.91 Å². The van der Waals surface area contributed by atoms with Crippen LogP contribution in [0, 0.1) is 0 Å². The fourth-order valence-corrected chi connectivity index (χ4v) is 3.62. The molecule has 0 saturated carbocycles. The van der Waals surface area contributed by atoms with Gasteiger partial charge in [0.05, 0.1) is 6.04 Å². The molecule has 3 N–H and O–H groups in total. The van der Waals surface area contributed by atoms with E-state index >= 15 is 0 Å². The number of hydrogen-bond acceptors (Lipinski definition) is 3. The van der Waals surface area contributed by atoms with Gasteiger partial charge in [-0.05, 0) is 50.8 Å². The summed E-state index contributed by atoms with van der Waals surface area (Å²) in [6.07, 6.45) is 4.55. The molecule has 1 saturated heterocycles. The van der Waals surface area contributed by atoms with E-state index < -0.39 is 0 Å². The van der Waals surface area contributed by atoms with E-state index in [1.165, 1.54) is 5.57 Å². The van der Waals surface area contributed by atoms with Crippen LogP contribution < -0.4 is 10.6 Å². The Hall–Kier alpha value is -2.60. The molecule has 6 nitrogen and oxygen atoms in total. The Morgan fingerprint density at radius 2 is 2.15 bits per heavy atom. The molecular formula is C21H28N4O2. The van der Waals surface area contributed by atoms with Crippen molar-refractivity contribution in [3.05, 3.63) is 47.7 Å². The first kappa shape index (κ1) is 19.2. The molecule has 0 aliphatic carbocycles. The van der Waals surface area contributed by atoms with Crippen LogP contribution in [0.25, 0.3) is 10.9 Å². The second-order valence-corrected chi connectivity index (χ2v) is 7.16. The lowest BCUT2D eigenvalue weighted by Gasteiger charge is -2.23. The molecule has 1 aliphatic rings. The van der Waals surface area contributed by atoms with Crippen molar-refractivity contribution in [1.82, 2.24) is 20.5 Å². The van der Waals surface area contributed by atoms with Crippen molar-refractivity contribution in [2.24, 2.45) is 0 Å². The first-order valence-corrected chi connectivity index (χ1v) is 9.53. The van der Waals surface area contributed by atoms with E-state index in [1.54, 1.807) is 0 Å². The Morgan fingerprint density at radius 1 is 1.33 bits per heavy atom. The predicted molar refractivity (Wildman–Crippen MR) is 108 cm³/mol. The number of carbonyl (C=O) groups is 2. The van der Waals surface area contributed by atoms with E-state index in [4.69, 9.17) is 0 Å². The molecule has 1 aliphatic heterocycles. The van der Waals surface area contributed by atoms with Gasteiger partial charge in [-0.3, -0.25) is 14.5 Å². The van der Waals surface area contributed by atoms with Crippen LogP contribution >= 0.6 is 0 Å². The van der Waals surface area contributed by atoms with Gasteiger partial charge in [0, 0.05) is 43.0 Å². The van der Waals surface area contributed by atoms with Crippen LogP contribution in [0.4, 0.5) is 0 Å². The number of aromatic nitrogens is 1. The quantitative estimate of drug-likeness (QED) is 0.686. The molecule has 0 radical (unpaired) electrons. The SMILES string of the molecule is CC=C(C)CN1CC(NC(=O)c2ccc3cc[nH]c3c2)CC1C(=O)NCC. The van der Waals surface area contributed by atoms with Crippen LogP contribution in [0.15, 0.2) is 42.1 Å². The number of fused-ring (bicyclic) bond motifs is 1. The average Bonchev–Trinajstić information content (AvgIpc) is 3.27. The van der Waals surface area contributed by atoms with Gasteiger partial charge in [-0.2, -0.15) is 0 Å². The van der Waals surface area contributed by atoms with Crippen molar-refractivity contribution < 1.29 is 9.59 Å². The molecule has 144 valence electrons. The maximum Gasteiger partial charge on any atom is 0.251 e. The second-order valence-electron chi connectivity index (χ2n) is 7.16. The number of rotatable bonds is 6. The lowest BCUT2D eigenvalue weighted by Crippen LogP contribution is -2.43. The smallest absolute Gasteiger partial charge is 0.251 e. The van der Waals surface area contributed by atoms with E-state index in [2.05, 4.69) is 33.5 Å². The van der Waals surface area contributed by atoms with Gasteiger partial charge in [0.1, 0.15) is 0 Å². The Bertz CT molecular complexity index is 855. The van der Waals surface area contributed by atoms with Crippen molar-refractivity contribution in [1.29, 1.82) is 0 Å². The zero-order chi connectivity index (χ0) is 19.4. The summed E-state index contributed by atoms with van der Waals surface area (Å²) in [4.78, 5) is 30.4. The number of likely N-dealkylation sites (tertiary alicyclic amines) is 1. The van der Waals surface area contributed by atoms with Gasteiger partial charge in [-0.25, -0.2) is 0 Å². The molecule has 1 aromatic carbocycles. The summed E-state index contributed by atoms with van der Waals surface area (Å²) in [5, 5.41) is 7.10. The summed E-state index contributed by atoms with van der Waals surface area (Å²) in [5.74, 6) is -0.0679. The lowest BCUT2D eigenvalue weighted by molar-refractivity contribution is -0.125. The largest absolute Gasteiger partial charge is 0.361 e. The van der Waals surface area contributed by atoms with Crippen LogP contribution in [0.3, 0.4) is 0 Å². The van der Waals surface area contributed by atoms with Crippen molar-refractivity contribution >= 4 is 22.7 Å². The third kappa shape index (κ3) is 4.39. The minimum Gasteiger partial charge on any atom is -0.361 e. The van der Waals surface area contributed by atoms with Gasteiger partial charge >= 0.3 is 0 Å². The van der Waals surface area contributed by atoms with Gasteiger partial charge in [-0.1, -0.05) is 17.7 Å². The van der Waals surface area contributed by atoms with E-state index in [1.807, 2.05) is 44.3 Å². The van der Waals surface area contributed by atoms with Crippen molar-refractivity contribution in [2.75, 3.05) is 19.6 Å². The Kier molecular flexibility index (Phi) is 5.96. The normalized spacial score (nSPS) is 20.8. The summed E-state index contributed by atoms with van der Waals surface area (Å²) in [6.45, 7) is 8.00. The number of nitrogens with zero attached hydrogens (tertiary/aromatic N) is 1. The highest BCUT2D eigenvalue weighted by Crippen LogP contribution is 2.21. The van der Waals surface area contributed by atoms with E-state index in [0.717, 1.165) is 17.4 Å². The maximum absolute atomic E-state index is 12.7. The average molecular weight is 368 g/mol. The molecule has 2 atom stereocenters. The summed E-state index contributed by atoms with van der Waals surface area (Å²) in [5.41, 5.74) is 2.79. The first-order valence-electron chi connectivity index (χ1n) is 9.53. The predicted octanol–water partition coefficient (Wildman–Crippen LogP) is 2.44. The molecule has 0 bridgehead atoms. The van der Waals surface area contributed by atoms with Crippen LogP contribution in [0.2, 0.25) is 0 Å². The van der Waals surface area contributed by atoms with E-state index in [-0.39, 0.29) is 23.9 Å². The summed E-state index contributed by atoms with van der Waals surface area (Å²) >= 11 is 0. The number of carbonyl (C=O) groups excluding carboxylic acids is 2. The minimum atomic E-state index is -0.212. The molecule has 2 amide bonds. The fourth-order valence-electron chi connectivity index (χ4n) is 3.62. The summed E-state index contributed by atoms with van der Waals surface area (Å²) in [6, 6.07) is 7.36. The zero-order valence-corrected chi connectivity index (χ0v) is 16.2. The Morgan fingerprint density at radius 3 is 2.89 bits per heavy atom. The first-order chi connectivity index (χ1) is 13.0. The molecule has 27 heavy (non-hydrogen) atoms. The number of H-pyrrole nitrogens is 1. The third-order valence-corrected chi connectivity index (χ3v) is 5.15.